The zero-order valence-corrected chi connectivity index (χ0v) is 13.8. The third kappa shape index (κ3) is 7.98. The number of phenols is 1. The summed E-state index contributed by atoms with van der Waals surface area (Å²) in [6.07, 6.45) is 2.98. The van der Waals surface area contributed by atoms with Crippen LogP contribution in [0.2, 0.25) is 0 Å². The maximum absolute atomic E-state index is 11.8. The summed E-state index contributed by atoms with van der Waals surface area (Å²) >= 11 is 0. The molecule has 1 atom stereocenters. The highest BCUT2D eigenvalue weighted by atomic mass is 16.5. The molecular formula is C17H21NO7. The van der Waals surface area contributed by atoms with Crippen LogP contribution in [0.1, 0.15) is 23.2 Å². The monoisotopic (exact) mass is 351 g/mol. The molecule has 1 aromatic carbocycles. The largest absolute Gasteiger partial charge is 0.507 e. The molecule has 3 N–H and O–H groups in total. The van der Waals surface area contributed by atoms with Gasteiger partial charge < -0.3 is 25.0 Å². The topological polar surface area (TPSA) is 124 Å². The number of carboxylic acid groups (broad SMARTS) is 2. The van der Waals surface area contributed by atoms with Crippen molar-refractivity contribution in [1.82, 2.24) is 4.90 Å². The average molecular weight is 351 g/mol. The molecule has 1 saturated heterocycles. The molecule has 1 heterocycles. The highest BCUT2D eigenvalue weighted by Crippen LogP contribution is 2.19. The number of aromatic hydroxyl groups is 1. The number of benzene rings is 1. The number of hydrogen-bond donors (Lipinski definition) is 3. The second-order valence-electron chi connectivity index (χ2n) is 5.46. The van der Waals surface area contributed by atoms with Gasteiger partial charge in [-0.25, -0.2) is 14.4 Å². The van der Waals surface area contributed by atoms with Gasteiger partial charge in [-0.05, 0) is 38.6 Å². The fourth-order valence-electron chi connectivity index (χ4n) is 2.22. The van der Waals surface area contributed by atoms with Crippen LogP contribution in [0.25, 0.3) is 0 Å². The Morgan fingerprint density at radius 3 is 2.28 bits per heavy atom. The van der Waals surface area contributed by atoms with E-state index in [2.05, 4.69) is 4.90 Å². The van der Waals surface area contributed by atoms with Gasteiger partial charge in [-0.1, -0.05) is 12.1 Å². The molecular weight excluding hydrogens is 330 g/mol. The molecule has 0 aliphatic carbocycles. The lowest BCUT2D eigenvalue weighted by atomic mass is 10.1. The number of likely N-dealkylation sites (N-methyl/N-ethyl adjacent to an activating group) is 1. The molecule has 2 rings (SSSR count). The van der Waals surface area contributed by atoms with Crippen molar-refractivity contribution >= 4 is 17.9 Å². The predicted molar refractivity (Wildman–Crippen MR) is 88.5 cm³/mol. The van der Waals surface area contributed by atoms with E-state index >= 15 is 0 Å². The molecule has 1 aliphatic rings. The predicted octanol–water partition coefficient (Wildman–Crippen LogP) is 1.35. The van der Waals surface area contributed by atoms with Gasteiger partial charge >= 0.3 is 17.9 Å². The standard InChI is InChI=1S/C13H17NO3.C4H4O4/c1-14-8-4-5-10(9-14)17-13(16)11-6-2-3-7-12(11)15;5-3(6)1-2-4(7)8/h2-3,6-7,10,15H,4-5,8-9H2,1H3;1-2H,(H,5,6)(H,7,8)/b;2-1-. The van der Waals surface area contributed by atoms with E-state index in [4.69, 9.17) is 14.9 Å². The maximum Gasteiger partial charge on any atom is 0.342 e. The van der Waals surface area contributed by atoms with Gasteiger partial charge in [0.15, 0.2) is 0 Å². The number of carbonyl (C=O) groups is 3. The molecule has 0 aromatic heterocycles. The van der Waals surface area contributed by atoms with Crippen LogP contribution in [0.5, 0.6) is 5.75 Å². The van der Waals surface area contributed by atoms with Gasteiger partial charge in [0.1, 0.15) is 17.4 Å². The van der Waals surface area contributed by atoms with Crippen LogP contribution in [0.3, 0.4) is 0 Å². The number of ether oxygens (including phenoxy) is 1. The fraction of sp³-hybridized carbons (Fsp3) is 0.353. The van der Waals surface area contributed by atoms with Gasteiger partial charge in [-0.15, -0.1) is 0 Å². The smallest absolute Gasteiger partial charge is 0.342 e. The van der Waals surface area contributed by atoms with Crippen LogP contribution in [0, 0.1) is 0 Å². The van der Waals surface area contributed by atoms with E-state index in [1.165, 1.54) is 6.07 Å². The number of aliphatic carboxylic acids is 2. The first kappa shape index (κ1) is 20.2. The minimum atomic E-state index is -1.26. The molecule has 1 aromatic rings. The summed E-state index contributed by atoms with van der Waals surface area (Å²) in [5, 5.41) is 25.2. The molecule has 0 spiro atoms. The molecule has 1 unspecified atom stereocenters. The lowest BCUT2D eigenvalue weighted by Gasteiger charge is -2.29. The fourth-order valence-corrected chi connectivity index (χ4v) is 2.22. The van der Waals surface area contributed by atoms with Gasteiger partial charge in [0, 0.05) is 18.7 Å². The van der Waals surface area contributed by atoms with Crippen LogP contribution >= 0.6 is 0 Å². The van der Waals surface area contributed by atoms with Gasteiger partial charge in [0.25, 0.3) is 0 Å². The summed E-state index contributed by atoms with van der Waals surface area (Å²) in [5.74, 6) is -2.98. The molecule has 8 nitrogen and oxygen atoms in total. The minimum Gasteiger partial charge on any atom is -0.507 e. The quantitative estimate of drug-likeness (QED) is 0.548. The highest BCUT2D eigenvalue weighted by Gasteiger charge is 2.22. The van der Waals surface area contributed by atoms with Crippen molar-refractivity contribution in [1.29, 1.82) is 0 Å². The van der Waals surface area contributed by atoms with E-state index in [0.29, 0.717) is 12.2 Å². The third-order valence-electron chi connectivity index (χ3n) is 3.35. The Kier molecular flexibility index (Phi) is 8.14. The Hall–Kier alpha value is -2.87. The number of phenolic OH excluding ortho intramolecular Hbond substituents is 1. The molecule has 0 amide bonds. The van der Waals surface area contributed by atoms with Gasteiger partial charge in [-0.3, -0.25) is 0 Å². The molecule has 1 fully saturated rings. The van der Waals surface area contributed by atoms with Gasteiger partial charge in [-0.2, -0.15) is 0 Å². The summed E-state index contributed by atoms with van der Waals surface area (Å²) in [7, 11) is 2.01. The van der Waals surface area contributed by atoms with Gasteiger partial charge in [0.05, 0.1) is 0 Å². The summed E-state index contributed by atoms with van der Waals surface area (Å²) in [6, 6.07) is 6.46. The second-order valence-corrected chi connectivity index (χ2v) is 5.46. The van der Waals surface area contributed by atoms with E-state index in [9.17, 15) is 19.5 Å². The number of nitrogens with zero attached hydrogens (tertiary/aromatic N) is 1. The normalized spacial score (nSPS) is 17.4. The molecule has 1 aliphatic heterocycles. The van der Waals surface area contributed by atoms with E-state index < -0.39 is 17.9 Å². The van der Waals surface area contributed by atoms with Crippen LogP contribution < -0.4 is 0 Å². The number of carboxylic acids is 2. The third-order valence-corrected chi connectivity index (χ3v) is 3.35. The highest BCUT2D eigenvalue weighted by molar-refractivity contribution is 5.92. The van der Waals surface area contributed by atoms with E-state index in [1.807, 2.05) is 7.05 Å². The van der Waals surface area contributed by atoms with Crippen molar-refractivity contribution in [2.24, 2.45) is 0 Å². The minimum absolute atomic E-state index is 0.0262. The zero-order chi connectivity index (χ0) is 18.8. The molecule has 0 radical (unpaired) electrons. The van der Waals surface area contributed by atoms with E-state index in [1.54, 1.807) is 18.2 Å². The number of rotatable bonds is 4. The van der Waals surface area contributed by atoms with Crippen LogP contribution in [0.15, 0.2) is 36.4 Å². The first-order chi connectivity index (χ1) is 11.8. The van der Waals surface area contributed by atoms with Crippen molar-refractivity contribution in [3.05, 3.63) is 42.0 Å². The lowest BCUT2D eigenvalue weighted by Crippen LogP contribution is -2.38. The van der Waals surface area contributed by atoms with E-state index in [-0.39, 0.29) is 17.4 Å². The first-order valence-electron chi connectivity index (χ1n) is 7.61. The van der Waals surface area contributed by atoms with Gasteiger partial charge in [0.2, 0.25) is 0 Å². The molecule has 136 valence electrons. The maximum atomic E-state index is 11.8. The van der Waals surface area contributed by atoms with Crippen molar-refractivity contribution < 1.29 is 34.4 Å². The number of para-hydroxylation sites is 1. The first-order valence-corrected chi connectivity index (χ1v) is 7.61. The van der Waals surface area contributed by atoms with Crippen molar-refractivity contribution in [2.45, 2.75) is 18.9 Å². The lowest BCUT2D eigenvalue weighted by molar-refractivity contribution is -0.134. The summed E-state index contributed by atoms with van der Waals surface area (Å²) < 4.78 is 5.39. The Morgan fingerprint density at radius 2 is 1.76 bits per heavy atom. The number of carbonyl (C=O) groups excluding carboxylic acids is 1. The van der Waals surface area contributed by atoms with Crippen LogP contribution in [-0.4, -0.2) is 64.4 Å². The van der Waals surface area contributed by atoms with Crippen molar-refractivity contribution in [3.8, 4) is 5.75 Å². The Bertz CT molecular complexity index is 626. The van der Waals surface area contributed by atoms with Crippen molar-refractivity contribution in [2.75, 3.05) is 20.1 Å². The zero-order valence-electron chi connectivity index (χ0n) is 13.8. The summed E-state index contributed by atoms with van der Waals surface area (Å²) in [4.78, 5) is 33.1. The van der Waals surface area contributed by atoms with E-state index in [0.717, 1.165) is 25.9 Å². The number of piperidine rings is 1. The SMILES string of the molecule is CN1CCCC(OC(=O)c2ccccc2O)C1.O=C(O)/C=C\C(=O)O. The Morgan fingerprint density at radius 1 is 1.16 bits per heavy atom. The number of hydrogen-bond acceptors (Lipinski definition) is 6. The molecule has 8 heteroatoms. The molecule has 25 heavy (non-hydrogen) atoms. The average Bonchev–Trinajstić information content (AvgIpc) is 2.54. The Labute approximate surface area is 144 Å². The number of esters is 1. The number of likely N-dealkylation sites (tertiary alicyclic amines) is 1. The summed E-state index contributed by atoms with van der Waals surface area (Å²) in [6.45, 7) is 1.81. The summed E-state index contributed by atoms with van der Waals surface area (Å²) in [5.41, 5.74) is 0.237. The van der Waals surface area contributed by atoms with Crippen LogP contribution in [0.4, 0.5) is 0 Å². The van der Waals surface area contributed by atoms with Crippen LogP contribution in [-0.2, 0) is 14.3 Å². The molecule has 0 bridgehead atoms. The Balaban J connectivity index is 0.000000333. The molecule has 0 saturated carbocycles. The van der Waals surface area contributed by atoms with Crippen molar-refractivity contribution in [3.63, 3.8) is 0 Å². The second kappa shape index (κ2) is 10.1.